The Balaban J connectivity index is 2.11. The van der Waals surface area contributed by atoms with Crippen LogP contribution in [0.15, 0.2) is 17.3 Å². The fourth-order valence-corrected chi connectivity index (χ4v) is 1.88. The van der Waals surface area contributed by atoms with Crippen LogP contribution in [-0.4, -0.2) is 11.8 Å². The van der Waals surface area contributed by atoms with Gasteiger partial charge in [-0.2, -0.15) is 0 Å². The normalized spacial score (nSPS) is 36.1. The summed E-state index contributed by atoms with van der Waals surface area (Å²) in [5, 5.41) is 3.99. The van der Waals surface area contributed by atoms with E-state index in [0.29, 0.717) is 12.0 Å². The molecule has 2 atom stereocenters. The second-order valence-corrected chi connectivity index (χ2v) is 3.48. The van der Waals surface area contributed by atoms with Crippen LogP contribution >= 0.6 is 0 Å². The number of oxime groups is 1. The monoisotopic (exact) mass is 151 g/mol. The standard InChI is InChI=1S/C9H13NO/c1-6-3-4-8-7(2)10-11-9(8)5-6/h8-9H,1,3-5H2,2H3. The van der Waals surface area contributed by atoms with Gasteiger partial charge in [-0.1, -0.05) is 17.3 Å². The minimum atomic E-state index is 0.316. The van der Waals surface area contributed by atoms with E-state index in [1.165, 1.54) is 17.7 Å². The smallest absolute Gasteiger partial charge is 0.139 e. The maximum atomic E-state index is 5.27. The molecule has 2 heteroatoms. The van der Waals surface area contributed by atoms with Gasteiger partial charge in [-0.05, 0) is 19.8 Å². The van der Waals surface area contributed by atoms with Crippen LogP contribution in [0.4, 0.5) is 0 Å². The van der Waals surface area contributed by atoms with E-state index in [-0.39, 0.29) is 0 Å². The van der Waals surface area contributed by atoms with E-state index in [4.69, 9.17) is 4.84 Å². The van der Waals surface area contributed by atoms with Crippen LogP contribution in [0.2, 0.25) is 0 Å². The van der Waals surface area contributed by atoms with Crippen molar-refractivity contribution in [2.75, 3.05) is 0 Å². The Labute approximate surface area is 66.9 Å². The highest BCUT2D eigenvalue weighted by atomic mass is 16.6. The zero-order valence-electron chi connectivity index (χ0n) is 6.84. The molecule has 0 saturated heterocycles. The molecule has 1 aliphatic heterocycles. The molecule has 0 aromatic carbocycles. The van der Waals surface area contributed by atoms with Crippen LogP contribution in [0.25, 0.3) is 0 Å². The Morgan fingerprint density at radius 1 is 1.64 bits per heavy atom. The maximum absolute atomic E-state index is 5.27. The molecule has 2 nitrogen and oxygen atoms in total. The summed E-state index contributed by atoms with van der Waals surface area (Å²) < 4.78 is 0. The zero-order valence-corrected chi connectivity index (χ0v) is 6.84. The van der Waals surface area contributed by atoms with Crippen LogP contribution in [0.3, 0.4) is 0 Å². The SMILES string of the molecule is C=C1CCC2C(C)=NOC2C1. The van der Waals surface area contributed by atoms with Crippen molar-refractivity contribution in [2.45, 2.75) is 32.3 Å². The third kappa shape index (κ3) is 1.06. The molecular weight excluding hydrogens is 138 g/mol. The molecule has 0 aromatic heterocycles. The highest BCUT2D eigenvalue weighted by molar-refractivity contribution is 5.85. The van der Waals surface area contributed by atoms with Gasteiger partial charge in [0.05, 0.1) is 5.71 Å². The first-order valence-electron chi connectivity index (χ1n) is 4.14. The molecule has 2 unspecified atom stereocenters. The first-order valence-corrected chi connectivity index (χ1v) is 4.14. The molecule has 11 heavy (non-hydrogen) atoms. The van der Waals surface area contributed by atoms with Gasteiger partial charge >= 0.3 is 0 Å². The molecule has 1 saturated carbocycles. The van der Waals surface area contributed by atoms with E-state index in [1.54, 1.807) is 0 Å². The van der Waals surface area contributed by atoms with E-state index >= 15 is 0 Å². The third-order valence-electron chi connectivity index (χ3n) is 2.62. The van der Waals surface area contributed by atoms with Crippen molar-refractivity contribution < 1.29 is 4.84 Å². The molecule has 2 rings (SSSR count). The molecule has 0 spiro atoms. The number of hydrogen-bond donors (Lipinski definition) is 0. The molecule has 0 bridgehead atoms. The summed E-state index contributed by atoms with van der Waals surface area (Å²) in [6.07, 6.45) is 3.65. The van der Waals surface area contributed by atoms with Gasteiger partial charge in [0.25, 0.3) is 0 Å². The van der Waals surface area contributed by atoms with Gasteiger partial charge in [-0.3, -0.25) is 0 Å². The molecule has 1 fully saturated rings. The zero-order chi connectivity index (χ0) is 7.84. The molecule has 60 valence electrons. The van der Waals surface area contributed by atoms with E-state index in [2.05, 4.69) is 18.7 Å². The van der Waals surface area contributed by atoms with Crippen LogP contribution in [0, 0.1) is 5.92 Å². The van der Waals surface area contributed by atoms with Gasteiger partial charge in [0.2, 0.25) is 0 Å². The van der Waals surface area contributed by atoms with Crippen molar-refractivity contribution in [1.82, 2.24) is 0 Å². The number of rotatable bonds is 0. The van der Waals surface area contributed by atoms with Crippen LogP contribution < -0.4 is 0 Å². The summed E-state index contributed by atoms with van der Waals surface area (Å²) in [5.41, 5.74) is 2.48. The fraction of sp³-hybridized carbons (Fsp3) is 0.667. The highest BCUT2D eigenvalue weighted by Crippen LogP contribution is 2.34. The lowest BCUT2D eigenvalue weighted by Crippen LogP contribution is -2.26. The number of fused-ring (bicyclic) bond motifs is 1. The summed E-state index contributed by atoms with van der Waals surface area (Å²) in [7, 11) is 0. The summed E-state index contributed by atoms with van der Waals surface area (Å²) >= 11 is 0. The predicted octanol–water partition coefficient (Wildman–Crippen LogP) is 2.12. The second kappa shape index (κ2) is 2.36. The molecule has 0 radical (unpaired) electrons. The van der Waals surface area contributed by atoms with E-state index in [9.17, 15) is 0 Å². The van der Waals surface area contributed by atoms with Crippen molar-refractivity contribution in [1.29, 1.82) is 0 Å². The number of hydrogen-bond acceptors (Lipinski definition) is 2. The quantitative estimate of drug-likeness (QED) is 0.486. The van der Waals surface area contributed by atoms with E-state index < -0.39 is 0 Å². The molecule has 2 aliphatic rings. The topological polar surface area (TPSA) is 21.6 Å². The predicted molar refractivity (Wildman–Crippen MR) is 44.5 cm³/mol. The Hall–Kier alpha value is -0.790. The molecule has 1 heterocycles. The summed E-state index contributed by atoms with van der Waals surface area (Å²) in [5.74, 6) is 0.584. The van der Waals surface area contributed by atoms with Gasteiger partial charge < -0.3 is 4.84 Å². The third-order valence-corrected chi connectivity index (χ3v) is 2.62. The van der Waals surface area contributed by atoms with Crippen LogP contribution in [-0.2, 0) is 4.84 Å². The van der Waals surface area contributed by atoms with Gasteiger partial charge in [-0.25, -0.2) is 0 Å². The molecule has 0 aromatic rings. The summed E-state index contributed by atoms with van der Waals surface area (Å²) in [6.45, 7) is 6.02. The Morgan fingerprint density at radius 3 is 3.27 bits per heavy atom. The molecular formula is C9H13NO. The van der Waals surface area contributed by atoms with Gasteiger partial charge in [0.1, 0.15) is 6.10 Å². The first-order chi connectivity index (χ1) is 5.27. The van der Waals surface area contributed by atoms with Crippen molar-refractivity contribution in [3.05, 3.63) is 12.2 Å². The van der Waals surface area contributed by atoms with Crippen molar-refractivity contribution in [2.24, 2.45) is 11.1 Å². The minimum absolute atomic E-state index is 0.316. The fourth-order valence-electron chi connectivity index (χ4n) is 1.88. The Kier molecular flexibility index (Phi) is 1.48. The number of nitrogens with zero attached hydrogens (tertiary/aromatic N) is 1. The average molecular weight is 151 g/mol. The van der Waals surface area contributed by atoms with Crippen molar-refractivity contribution >= 4 is 5.71 Å². The lowest BCUT2D eigenvalue weighted by Gasteiger charge is -2.24. The minimum Gasteiger partial charge on any atom is -0.392 e. The summed E-state index contributed by atoms with van der Waals surface area (Å²) in [6, 6.07) is 0. The lowest BCUT2D eigenvalue weighted by molar-refractivity contribution is 0.0523. The average Bonchev–Trinajstić information content (AvgIpc) is 2.32. The first kappa shape index (κ1) is 6.89. The largest absolute Gasteiger partial charge is 0.392 e. The van der Waals surface area contributed by atoms with Gasteiger partial charge in [-0.15, -0.1) is 0 Å². The Bertz CT molecular complexity index is 220. The highest BCUT2D eigenvalue weighted by Gasteiger charge is 2.34. The van der Waals surface area contributed by atoms with Crippen molar-refractivity contribution in [3.8, 4) is 0 Å². The van der Waals surface area contributed by atoms with Crippen LogP contribution in [0.1, 0.15) is 26.2 Å². The van der Waals surface area contributed by atoms with Crippen molar-refractivity contribution in [3.63, 3.8) is 0 Å². The maximum Gasteiger partial charge on any atom is 0.139 e. The van der Waals surface area contributed by atoms with Gasteiger partial charge in [0, 0.05) is 12.3 Å². The van der Waals surface area contributed by atoms with Crippen LogP contribution in [0.5, 0.6) is 0 Å². The second-order valence-electron chi connectivity index (χ2n) is 3.48. The van der Waals surface area contributed by atoms with E-state index in [1.807, 2.05) is 0 Å². The molecule has 1 aliphatic carbocycles. The Morgan fingerprint density at radius 2 is 2.45 bits per heavy atom. The molecule has 0 N–H and O–H groups in total. The molecule has 0 amide bonds. The van der Waals surface area contributed by atoms with E-state index in [0.717, 1.165) is 12.8 Å². The van der Waals surface area contributed by atoms with Gasteiger partial charge in [0.15, 0.2) is 0 Å². The lowest BCUT2D eigenvalue weighted by atomic mass is 9.82. The summed E-state index contributed by atoms with van der Waals surface area (Å²) in [4.78, 5) is 5.27.